The average Bonchev–Trinajstić information content (AvgIpc) is 3.23. The summed E-state index contributed by atoms with van der Waals surface area (Å²) in [5.74, 6) is -5.85. The van der Waals surface area contributed by atoms with E-state index in [4.69, 9.17) is 10.8 Å². The summed E-state index contributed by atoms with van der Waals surface area (Å²) in [7, 11) is 0. The average molecular weight is 506 g/mol. The van der Waals surface area contributed by atoms with Crippen LogP contribution in [0.2, 0.25) is 0 Å². The minimum Gasteiger partial charge on any atom is -0.481 e. The minimum absolute atomic E-state index is 0.0814. The van der Waals surface area contributed by atoms with Crippen molar-refractivity contribution in [1.82, 2.24) is 20.9 Å². The molecule has 13 nitrogen and oxygen atoms in total. The van der Waals surface area contributed by atoms with Crippen LogP contribution in [0.15, 0.2) is 30.5 Å². The number of aliphatic carboxylic acids is 2. The summed E-state index contributed by atoms with van der Waals surface area (Å²) < 4.78 is 0. The Bertz CT molecular complexity index is 1110. The summed E-state index contributed by atoms with van der Waals surface area (Å²) in [5.41, 5.74) is 7.15. The number of carbonyl (C=O) groups is 5. The van der Waals surface area contributed by atoms with Crippen LogP contribution in [0.25, 0.3) is 10.9 Å². The molecule has 0 fully saturated rings. The Hall–Kier alpha value is -3.97. The summed E-state index contributed by atoms with van der Waals surface area (Å²) in [6, 6.07) is 1.62. The lowest BCUT2D eigenvalue weighted by Crippen LogP contribution is -2.59. The van der Waals surface area contributed by atoms with Crippen molar-refractivity contribution in [2.75, 3.05) is 6.61 Å². The Morgan fingerprint density at radius 3 is 2.08 bits per heavy atom. The molecule has 0 radical (unpaired) electrons. The molecule has 36 heavy (non-hydrogen) atoms. The van der Waals surface area contributed by atoms with Gasteiger partial charge in [0.25, 0.3) is 0 Å². The monoisotopic (exact) mass is 505 g/mol. The van der Waals surface area contributed by atoms with E-state index in [-0.39, 0.29) is 12.3 Å². The van der Waals surface area contributed by atoms with Gasteiger partial charge in [-0.25, -0.2) is 4.79 Å². The van der Waals surface area contributed by atoms with E-state index < -0.39 is 66.9 Å². The van der Waals surface area contributed by atoms with Gasteiger partial charge in [0.1, 0.15) is 18.1 Å². The Labute approximate surface area is 206 Å². The molecule has 4 unspecified atom stereocenters. The van der Waals surface area contributed by atoms with Gasteiger partial charge in [-0.3, -0.25) is 19.2 Å². The maximum absolute atomic E-state index is 12.7. The van der Waals surface area contributed by atoms with Crippen LogP contribution in [0.1, 0.15) is 25.8 Å². The van der Waals surface area contributed by atoms with E-state index in [1.807, 2.05) is 12.1 Å². The predicted octanol–water partition coefficient (Wildman–Crippen LogP) is -1.30. The lowest BCUT2D eigenvalue weighted by Gasteiger charge is -2.24. The van der Waals surface area contributed by atoms with Crippen molar-refractivity contribution >= 4 is 40.6 Å². The van der Waals surface area contributed by atoms with Crippen LogP contribution >= 0.6 is 0 Å². The Morgan fingerprint density at radius 2 is 1.50 bits per heavy atom. The van der Waals surface area contributed by atoms with Crippen molar-refractivity contribution < 1.29 is 39.3 Å². The molecule has 1 aromatic carbocycles. The van der Waals surface area contributed by atoms with Gasteiger partial charge in [0.15, 0.2) is 0 Å². The van der Waals surface area contributed by atoms with E-state index in [1.54, 1.807) is 32.2 Å². The number of nitrogens with two attached hydrogens (primary N) is 1. The lowest BCUT2D eigenvalue weighted by atomic mass is 10.0. The second-order valence-corrected chi connectivity index (χ2v) is 8.64. The van der Waals surface area contributed by atoms with Gasteiger partial charge >= 0.3 is 11.9 Å². The normalized spacial score (nSPS) is 14.5. The number of hydrogen-bond acceptors (Lipinski definition) is 7. The molecule has 13 heteroatoms. The van der Waals surface area contributed by atoms with E-state index in [1.165, 1.54) is 0 Å². The molecule has 1 heterocycles. The summed E-state index contributed by atoms with van der Waals surface area (Å²) >= 11 is 0. The molecule has 0 aliphatic heterocycles. The summed E-state index contributed by atoms with van der Waals surface area (Å²) in [5, 5.41) is 35.8. The Kier molecular flexibility index (Phi) is 9.93. The first-order valence-corrected chi connectivity index (χ1v) is 11.2. The minimum atomic E-state index is -1.60. The van der Waals surface area contributed by atoms with Crippen molar-refractivity contribution in [3.8, 4) is 0 Å². The molecule has 0 aliphatic carbocycles. The van der Waals surface area contributed by atoms with Gasteiger partial charge < -0.3 is 42.0 Å². The molecule has 4 atom stereocenters. The van der Waals surface area contributed by atoms with Crippen LogP contribution in [-0.2, 0) is 30.4 Å². The number of rotatable bonds is 13. The van der Waals surface area contributed by atoms with Crippen LogP contribution in [0.3, 0.4) is 0 Å². The van der Waals surface area contributed by atoms with Gasteiger partial charge in [-0.1, -0.05) is 32.0 Å². The van der Waals surface area contributed by atoms with E-state index in [9.17, 15) is 34.2 Å². The molecular formula is C23H31N5O8. The molecule has 3 amide bonds. The fourth-order valence-corrected chi connectivity index (χ4v) is 3.41. The summed E-state index contributed by atoms with van der Waals surface area (Å²) in [6.07, 6.45) is 0.738. The first kappa shape index (κ1) is 28.3. The number of aromatic nitrogens is 1. The topological polar surface area (TPSA) is 224 Å². The Morgan fingerprint density at radius 1 is 0.917 bits per heavy atom. The number of aliphatic hydroxyl groups is 1. The lowest BCUT2D eigenvalue weighted by molar-refractivity contribution is -0.143. The second-order valence-electron chi connectivity index (χ2n) is 8.64. The molecule has 2 aromatic rings. The molecule has 2 rings (SSSR count). The molecule has 0 saturated heterocycles. The van der Waals surface area contributed by atoms with E-state index in [0.717, 1.165) is 10.9 Å². The summed E-state index contributed by atoms with van der Waals surface area (Å²) in [4.78, 5) is 63.6. The van der Waals surface area contributed by atoms with Crippen LogP contribution < -0.4 is 21.7 Å². The van der Waals surface area contributed by atoms with E-state index in [2.05, 4.69) is 20.9 Å². The zero-order chi connectivity index (χ0) is 27.0. The Balaban J connectivity index is 2.11. The number of hydrogen-bond donors (Lipinski definition) is 8. The van der Waals surface area contributed by atoms with Gasteiger partial charge in [0, 0.05) is 23.5 Å². The SMILES string of the molecule is CC(C)C(N)C(=O)NC(CC(=O)O)C(=O)NC(CO)C(=O)NC(Cc1c[nH]c2ccccc12)C(=O)O. The van der Waals surface area contributed by atoms with E-state index >= 15 is 0 Å². The number of amides is 3. The zero-order valence-corrected chi connectivity index (χ0v) is 19.9. The van der Waals surface area contributed by atoms with Gasteiger partial charge in [0.2, 0.25) is 17.7 Å². The second kappa shape index (κ2) is 12.7. The number of aromatic amines is 1. The van der Waals surface area contributed by atoms with Crippen molar-refractivity contribution in [1.29, 1.82) is 0 Å². The maximum atomic E-state index is 12.7. The zero-order valence-electron chi connectivity index (χ0n) is 19.9. The van der Waals surface area contributed by atoms with Crippen LogP contribution in [-0.4, -0.2) is 80.7 Å². The van der Waals surface area contributed by atoms with Crippen molar-refractivity contribution in [2.45, 2.75) is 50.9 Å². The third kappa shape index (κ3) is 7.52. The molecule has 0 bridgehead atoms. The number of fused-ring (bicyclic) bond motifs is 1. The highest BCUT2D eigenvalue weighted by Gasteiger charge is 2.31. The molecule has 0 aliphatic rings. The number of para-hydroxylation sites is 1. The fourth-order valence-electron chi connectivity index (χ4n) is 3.41. The van der Waals surface area contributed by atoms with Crippen molar-refractivity contribution in [2.24, 2.45) is 11.7 Å². The largest absolute Gasteiger partial charge is 0.481 e. The highest BCUT2D eigenvalue weighted by atomic mass is 16.4. The van der Waals surface area contributed by atoms with Gasteiger partial charge in [-0.05, 0) is 17.5 Å². The molecule has 9 N–H and O–H groups in total. The molecule has 196 valence electrons. The summed E-state index contributed by atoms with van der Waals surface area (Å²) in [6.45, 7) is 2.42. The number of carbonyl (C=O) groups excluding carboxylic acids is 3. The highest BCUT2D eigenvalue weighted by Crippen LogP contribution is 2.19. The van der Waals surface area contributed by atoms with Gasteiger partial charge in [0.05, 0.1) is 19.1 Å². The molecule has 0 saturated carbocycles. The van der Waals surface area contributed by atoms with Crippen LogP contribution in [0.4, 0.5) is 0 Å². The van der Waals surface area contributed by atoms with Gasteiger partial charge in [-0.2, -0.15) is 0 Å². The number of nitrogens with one attached hydrogen (secondary N) is 4. The number of carboxylic acids is 2. The first-order chi connectivity index (χ1) is 16.9. The number of H-pyrrole nitrogens is 1. The molecule has 1 aromatic heterocycles. The highest BCUT2D eigenvalue weighted by molar-refractivity contribution is 5.96. The van der Waals surface area contributed by atoms with E-state index in [0.29, 0.717) is 5.56 Å². The number of aliphatic hydroxyl groups excluding tert-OH is 1. The third-order valence-electron chi connectivity index (χ3n) is 5.56. The standard InChI is InChI=1S/C23H31N5O8/c1-11(2)19(24)22(34)26-15(8-18(30)31)20(32)28-17(10-29)21(33)27-16(23(35)36)7-12-9-25-14-6-4-3-5-13(12)14/h3-6,9,11,15-17,19,25,29H,7-8,10,24H2,1-2H3,(H,26,34)(H,27,33)(H,28,32)(H,30,31)(H,35,36). The quantitative estimate of drug-likeness (QED) is 0.162. The maximum Gasteiger partial charge on any atom is 0.326 e. The first-order valence-electron chi connectivity index (χ1n) is 11.2. The number of benzene rings is 1. The fraction of sp³-hybridized carbons (Fsp3) is 0.435. The van der Waals surface area contributed by atoms with Crippen molar-refractivity contribution in [3.63, 3.8) is 0 Å². The molecule has 0 spiro atoms. The predicted molar refractivity (Wildman–Crippen MR) is 128 cm³/mol. The van der Waals surface area contributed by atoms with Gasteiger partial charge in [-0.15, -0.1) is 0 Å². The van der Waals surface area contributed by atoms with Crippen LogP contribution in [0, 0.1) is 5.92 Å². The smallest absolute Gasteiger partial charge is 0.326 e. The van der Waals surface area contributed by atoms with Crippen molar-refractivity contribution in [3.05, 3.63) is 36.0 Å². The third-order valence-corrected chi connectivity index (χ3v) is 5.56. The molecular weight excluding hydrogens is 474 g/mol. The van der Waals surface area contributed by atoms with Crippen LogP contribution in [0.5, 0.6) is 0 Å². The number of carboxylic acid groups (broad SMARTS) is 2.